The first-order chi connectivity index (χ1) is 11.0. The first-order valence-electron chi connectivity index (χ1n) is 7.34. The summed E-state index contributed by atoms with van der Waals surface area (Å²) in [6.45, 7) is 3.38. The summed E-state index contributed by atoms with van der Waals surface area (Å²) in [5, 5.41) is 9.34. The standard InChI is InChI=1S/C15H15N3O4S/c1-7-9-3-11(20)18(9)14(15(21)22-8(2)19)13(7)10-5-17-6-16-4-12(17)23-10/h4-9,19H,3H2,1-2H3/t7?,8-,9-/m1/s1. The maximum atomic E-state index is 12.4. The molecule has 2 aromatic rings. The molecule has 1 N–H and O–H groups in total. The summed E-state index contributed by atoms with van der Waals surface area (Å²) in [5.74, 6) is -0.701. The van der Waals surface area contributed by atoms with E-state index in [0.29, 0.717) is 6.42 Å². The number of rotatable bonds is 3. The van der Waals surface area contributed by atoms with Crippen molar-refractivity contribution in [3.05, 3.63) is 29.3 Å². The Hall–Kier alpha value is -2.19. The van der Waals surface area contributed by atoms with Gasteiger partial charge in [-0.05, 0) is 6.92 Å². The number of hydrogen-bond acceptors (Lipinski definition) is 6. The number of hydrogen-bond donors (Lipinski definition) is 1. The molecule has 120 valence electrons. The van der Waals surface area contributed by atoms with Crippen molar-refractivity contribution in [2.45, 2.75) is 32.6 Å². The van der Waals surface area contributed by atoms with Gasteiger partial charge in [-0.1, -0.05) is 6.92 Å². The molecule has 3 atom stereocenters. The first kappa shape index (κ1) is 14.4. The van der Waals surface area contributed by atoms with Crippen molar-refractivity contribution in [2.24, 2.45) is 5.92 Å². The molecule has 4 heterocycles. The Labute approximate surface area is 135 Å². The topological polar surface area (TPSA) is 84.1 Å². The second kappa shape index (κ2) is 4.90. The van der Waals surface area contributed by atoms with Crippen LogP contribution >= 0.6 is 11.3 Å². The van der Waals surface area contributed by atoms with Crippen molar-refractivity contribution >= 4 is 33.6 Å². The Bertz CT molecular complexity index is 821. The fraction of sp³-hybridized carbons (Fsp3) is 0.400. The summed E-state index contributed by atoms with van der Waals surface area (Å²) in [5.41, 5.74) is 1.07. The number of fused-ring (bicyclic) bond motifs is 2. The number of nitrogens with zero attached hydrogens (tertiary/aromatic N) is 3. The van der Waals surface area contributed by atoms with Crippen LogP contribution in [0.15, 0.2) is 24.4 Å². The number of aliphatic hydroxyl groups is 1. The third-order valence-electron chi connectivity index (χ3n) is 4.35. The Morgan fingerprint density at radius 3 is 3.00 bits per heavy atom. The zero-order valence-corrected chi connectivity index (χ0v) is 13.4. The van der Waals surface area contributed by atoms with Gasteiger partial charge < -0.3 is 14.7 Å². The highest BCUT2D eigenvalue weighted by Gasteiger charge is 2.52. The summed E-state index contributed by atoms with van der Waals surface area (Å²) in [6.07, 6.45) is 4.57. The van der Waals surface area contributed by atoms with Gasteiger partial charge in [0.15, 0.2) is 6.29 Å². The van der Waals surface area contributed by atoms with Gasteiger partial charge in [0.05, 0.1) is 23.4 Å². The molecule has 8 heteroatoms. The van der Waals surface area contributed by atoms with Gasteiger partial charge in [0.1, 0.15) is 10.5 Å². The van der Waals surface area contributed by atoms with Gasteiger partial charge in [0.2, 0.25) is 5.91 Å². The van der Waals surface area contributed by atoms with Crippen LogP contribution in [-0.4, -0.2) is 43.6 Å². The van der Waals surface area contributed by atoms with E-state index in [-0.39, 0.29) is 23.6 Å². The van der Waals surface area contributed by atoms with E-state index in [2.05, 4.69) is 4.98 Å². The van der Waals surface area contributed by atoms with Crippen LogP contribution in [0.3, 0.4) is 0 Å². The molecule has 1 fully saturated rings. The van der Waals surface area contributed by atoms with Crippen molar-refractivity contribution in [1.29, 1.82) is 0 Å². The molecular weight excluding hydrogens is 318 g/mol. The van der Waals surface area contributed by atoms with E-state index in [1.165, 1.54) is 23.2 Å². The van der Waals surface area contributed by atoms with Crippen LogP contribution in [0, 0.1) is 5.92 Å². The number of amides is 1. The molecular formula is C15H15N3O4S. The number of β-lactam (4-membered cyclic amide) rings is 1. The smallest absolute Gasteiger partial charge is 0.357 e. The lowest BCUT2D eigenvalue weighted by molar-refractivity contribution is -0.165. The van der Waals surface area contributed by atoms with Crippen LogP contribution in [0.1, 0.15) is 25.1 Å². The van der Waals surface area contributed by atoms with Gasteiger partial charge in [0.25, 0.3) is 0 Å². The normalized spacial score (nSPS) is 24.8. The second-order valence-electron chi connectivity index (χ2n) is 5.83. The number of carbonyl (C=O) groups excluding carboxylic acids is 2. The second-order valence-corrected chi connectivity index (χ2v) is 6.89. The van der Waals surface area contributed by atoms with Crippen LogP contribution in [-0.2, 0) is 14.3 Å². The Kier molecular flexibility index (Phi) is 3.07. The maximum absolute atomic E-state index is 12.4. The first-order valence-corrected chi connectivity index (χ1v) is 8.16. The molecule has 4 rings (SSSR count). The number of aliphatic hydroxyl groups excluding tert-OH is 1. The van der Waals surface area contributed by atoms with Crippen LogP contribution in [0.5, 0.6) is 0 Å². The minimum atomic E-state index is -1.22. The Morgan fingerprint density at radius 1 is 1.57 bits per heavy atom. The minimum Gasteiger partial charge on any atom is -0.432 e. The van der Waals surface area contributed by atoms with Gasteiger partial charge in [-0.15, -0.1) is 11.3 Å². The number of carbonyl (C=O) groups is 2. The molecule has 1 unspecified atom stereocenters. The van der Waals surface area contributed by atoms with Crippen molar-refractivity contribution in [2.75, 3.05) is 0 Å². The molecule has 23 heavy (non-hydrogen) atoms. The predicted molar refractivity (Wildman–Crippen MR) is 82.2 cm³/mol. The minimum absolute atomic E-state index is 0.00589. The molecule has 0 saturated carbocycles. The van der Waals surface area contributed by atoms with Crippen molar-refractivity contribution < 1.29 is 19.4 Å². The highest BCUT2D eigenvalue weighted by Crippen LogP contribution is 2.48. The fourth-order valence-electron chi connectivity index (χ4n) is 3.29. The number of aromatic nitrogens is 2. The zero-order valence-electron chi connectivity index (χ0n) is 12.6. The average Bonchev–Trinajstić information content (AvgIpc) is 3.08. The van der Waals surface area contributed by atoms with Gasteiger partial charge in [-0.3, -0.25) is 9.20 Å². The third kappa shape index (κ3) is 2.02. The summed E-state index contributed by atoms with van der Waals surface area (Å²) in [4.78, 5) is 31.8. The lowest BCUT2D eigenvalue weighted by Gasteiger charge is -2.37. The maximum Gasteiger partial charge on any atom is 0.357 e. The van der Waals surface area contributed by atoms with E-state index in [4.69, 9.17) is 4.74 Å². The molecule has 0 aromatic carbocycles. The van der Waals surface area contributed by atoms with Gasteiger partial charge in [-0.2, -0.15) is 0 Å². The van der Waals surface area contributed by atoms with Crippen LogP contribution in [0.25, 0.3) is 10.4 Å². The van der Waals surface area contributed by atoms with E-state index in [1.54, 1.807) is 12.5 Å². The highest BCUT2D eigenvalue weighted by atomic mass is 32.1. The molecule has 0 spiro atoms. The molecule has 7 nitrogen and oxygen atoms in total. The fourth-order valence-corrected chi connectivity index (χ4v) is 4.39. The van der Waals surface area contributed by atoms with E-state index in [9.17, 15) is 14.7 Å². The molecule has 1 amide bonds. The summed E-state index contributed by atoms with van der Waals surface area (Å²) < 4.78 is 6.82. The van der Waals surface area contributed by atoms with Gasteiger partial charge in [0, 0.05) is 24.1 Å². The lowest BCUT2D eigenvalue weighted by atomic mass is 9.90. The quantitative estimate of drug-likeness (QED) is 0.519. The van der Waals surface area contributed by atoms with E-state index >= 15 is 0 Å². The molecule has 0 radical (unpaired) electrons. The van der Waals surface area contributed by atoms with Crippen molar-refractivity contribution in [1.82, 2.24) is 14.3 Å². The number of imidazole rings is 1. The Balaban J connectivity index is 1.84. The van der Waals surface area contributed by atoms with Crippen LogP contribution in [0.2, 0.25) is 0 Å². The number of esters is 1. The number of ether oxygens (including phenoxy) is 1. The molecule has 0 bridgehead atoms. The molecule has 2 aliphatic heterocycles. The molecule has 1 saturated heterocycles. The van der Waals surface area contributed by atoms with Crippen molar-refractivity contribution in [3.8, 4) is 0 Å². The van der Waals surface area contributed by atoms with Gasteiger partial charge in [-0.25, -0.2) is 9.78 Å². The van der Waals surface area contributed by atoms with Gasteiger partial charge >= 0.3 is 5.97 Å². The van der Waals surface area contributed by atoms with Crippen LogP contribution in [0.4, 0.5) is 0 Å². The van der Waals surface area contributed by atoms with E-state index < -0.39 is 12.3 Å². The van der Waals surface area contributed by atoms with Crippen molar-refractivity contribution in [3.63, 3.8) is 0 Å². The number of thiazole rings is 1. The van der Waals surface area contributed by atoms with E-state index in [1.807, 2.05) is 17.5 Å². The highest BCUT2D eigenvalue weighted by molar-refractivity contribution is 7.18. The summed E-state index contributed by atoms with van der Waals surface area (Å²) in [7, 11) is 0. The largest absolute Gasteiger partial charge is 0.432 e. The average molecular weight is 333 g/mol. The van der Waals surface area contributed by atoms with Crippen LogP contribution < -0.4 is 0 Å². The lowest BCUT2D eigenvalue weighted by Crippen LogP contribution is -2.52. The predicted octanol–water partition coefficient (Wildman–Crippen LogP) is 1.24. The molecule has 0 aliphatic carbocycles. The Morgan fingerprint density at radius 2 is 2.35 bits per heavy atom. The third-order valence-corrected chi connectivity index (χ3v) is 5.42. The zero-order chi connectivity index (χ0) is 16.3. The molecule has 2 aromatic heterocycles. The SMILES string of the molecule is CC1C(c2cn3cncc3s2)=C(C(=O)O[C@H](C)O)N2C(=O)C[C@H]12. The monoisotopic (exact) mass is 333 g/mol. The summed E-state index contributed by atoms with van der Waals surface area (Å²) in [6, 6.07) is -0.00589. The summed E-state index contributed by atoms with van der Waals surface area (Å²) >= 11 is 1.51. The molecule has 2 aliphatic rings. The van der Waals surface area contributed by atoms with E-state index in [0.717, 1.165) is 15.3 Å².